The van der Waals surface area contributed by atoms with Crippen LogP contribution in [0.2, 0.25) is 0 Å². The van der Waals surface area contributed by atoms with Crippen LogP contribution in [0.3, 0.4) is 0 Å². The van der Waals surface area contributed by atoms with Crippen molar-refractivity contribution in [3.63, 3.8) is 0 Å². The van der Waals surface area contributed by atoms with Gasteiger partial charge in [-0.3, -0.25) is 9.71 Å². The third kappa shape index (κ3) is 3.20. The second kappa shape index (κ2) is 6.21. The number of nitrogens with one attached hydrogen (secondary N) is 2. The fourth-order valence-electron chi connectivity index (χ4n) is 1.78. The summed E-state index contributed by atoms with van der Waals surface area (Å²) < 4.78 is 28.3. The molecule has 0 atom stereocenters. The van der Waals surface area contributed by atoms with Crippen LogP contribution in [0.15, 0.2) is 33.2 Å². The number of thiophene rings is 1. The molecule has 0 unspecified atom stereocenters. The molecule has 0 saturated carbocycles. The van der Waals surface area contributed by atoms with Crippen molar-refractivity contribution in [3.05, 3.63) is 38.8 Å². The first-order valence-electron chi connectivity index (χ1n) is 5.79. The van der Waals surface area contributed by atoms with E-state index < -0.39 is 10.0 Å². The van der Waals surface area contributed by atoms with Gasteiger partial charge in [-0.05, 0) is 46.9 Å². The maximum Gasteiger partial charge on any atom is 0.263 e. The van der Waals surface area contributed by atoms with E-state index in [-0.39, 0.29) is 0 Å². The lowest BCUT2D eigenvalue weighted by molar-refractivity contribution is 0.599. The van der Waals surface area contributed by atoms with Gasteiger partial charge >= 0.3 is 0 Å². The van der Waals surface area contributed by atoms with Gasteiger partial charge in [0.1, 0.15) is 4.90 Å². The highest BCUT2D eigenvalue weighted by atomic mass is 79.9. The molecule has 0 aliphatic carbocycles. The average molecular weight is 376 g/mol. The first-order chi connectivity index (χ1) is 9.45. The molecule has 2 rings (SSSR count). The number of pyridine rings is 1. The summed E-state index contributed by atoms with van der Waals surface area (Å²) in [4.78, 5) is 5.05. The smallest absolute Gasteiger partial charge is 0.263 e. The van der Waals surface area contributed by atoms with E-state index in [1.807, 2.05) is 5.38 Å². The lowest BCUT2D eigenvalue weighted by atomic mass is 10.3. The average Bonchev–Trinajstić information content (AvgIpc) is 2.74. The number of aryl methyl sites for hydroxylation is 1. The number of nitrogens with zero attached hydrogens (tertiary/aromatic N) is 1. The molecule has 5 nitrogen and oxygen atoms in total. The van der Waals surface area contributed by atoms with Crippen LogP contribution in [0.25, 0.3) is 0 Å². The van der Waals surface area contributed by atoms with Crippen molar-refractivity contribution in [1.29, 1.82) is 0 Å². The summed E-state index contributed by atoms with van der Waals surface area (Å²) in [6.07, 6.45) is 3.09. The highest BCUT2D eigenvalue weighted by molar-refractivity contribution is 9.10. The van der Waals surface area contributed by atoms with E-state index in [1.54, 1.807) is 26.2 Å². The number of rotatable bonds is 5. The molecular weight excluding hydrogens is 362 g/mol. The summed E-state index contributed by atoms with van der Waals surface area (Å²) in [5.41, 5.74) is 1.22. The Kier molecular flexibility index (Phi) is 4.79. The normalized spacial score (nSPS) is 11.6. The number of hydrogen-bond donors (Lipinski definition) is 2. The summed E-state index contributed by atoms with van der Waals surface area (Å²) in [5.74, 6) is 0. The predicted molar refractivity (Wildman–Crippen MR) is 84.6 cm³/mol. The molecule has 0 spiro atoms. The van der Waals surface area contributed by atoms with E-state index in [0.717, 1.165) is 10.4 Å². The lowest BCUT2D eigenvalue weighted by Gasteiger charge is -2.11. The predicted octanol–water partition coefficient (Wildman–Crippen LogP) is 2.73. The van der Waals surface area contributed by atoms with Gasteiger partial charge in [-0.25, -0.2) is 8.42 Å². The van der Waals surface area contributed by atoms with Crippen LogP contribution in [0.5, 0.6) is 0 Å². The molecule has 0 saturated heterocycles. The van der Waals surface area contributed by atoms with Crippen LogP contribution >= 0.6 is 27.3 Å². The van der Waals surface area contributed by atoms with E-state index in [2.05, 4.69) is 31.0 Å². The third-order valence-electron chi connectivity index (χ3n) is 2.61. The standard InChI is InChI=1S/C12H14BrN3O2S2/c1-8-7-19-11(6-14-2)12(8)20(17,18)16-10-3-4-15-5-9(10)13/h3-5,7,14H,6H2,1-2H3,(H,15,16). The molecule has 20 heavy (non-hydrogen) atoms. The van der Waals surface area contributed by atoms with Crippen LogP contribution in [0.4, 0.5) is 5.69 Å². The van der Waals surface area contributed by atoms with Crippen molar-refractivity contribution < 1.29 is 8.42 Å². The quantitative estimate of drug-likeness (QED) is 0.842. The minimum atomic E-state index is -3.61. The van der Waals surface area contributed by atoms with E-state index in [9.17, 15) is 8.42 Å². The summed E-state index contributed by atoms with van der Waals surface area (Å²) in [6, 6.07) is 1.61. The highest BCUT2D eigenvalue weighted by Gasteiger charge is 2.23. The van der Waals surface area contributed by atoms with Crippen LogP contribution in [0.1, 0.15) is 10.4 Å². The number of aromatic nitrogens is 1. The van der Waals surface area contributed by atoms with Gasteiger partial charge in [0.25, 0.3) is 10.0 Å². The van der Waals surface area contributed by atoms with E-state index in [1.165, 1.54) is 17.5 Å². The van der Waals surface area contributed by atoms with Gasteiger partial charge in [0.05, 0.1) is 10.2 Å². The summed E-state index contributed by atoms with van der Waals surface area (Å²) in [5, 5.41) is 4.83. The van der Waals surface area contributed by atoms with Gasteiger partial charge in [0.2, 0.25) is 0 Å². The minimum Gasteiger partial charge on any atom is -0.315 e. The summed E-state index contributed by atoms with van der Waals surface area (Å²) in [6.45, 7) is 2.32. The van der Waals surface area contributed by atoms with Gasteiger partial charge in [-0.15, -0.1) is 11.3 Å². The number of anilines is 1. The SMILES string of the molecule is CNCc1scc(C)c1S(=O)(=O)Nc1ccncc1Br. The zero-order valence-corrected chi connectivity index (χ0v) is 14.2. The number of sulfonamides is 1. The van der Waals surface area contributed by atoms with Gasteiger partial charge in [0, 0.05) is 23.8 Å². The van der Waals surface area contributed by atoms with Gasteiger partial charge in [-0.1, -0.05) is 0 Å². The molecule has 2 aromatic heterocycles. The Balaban J connectivity index is 2.41. The molecule has 108 valence electrons. The Morgan fingerprint density at radius 2 is 2.20 bits per heavy atom. The van der Waals surface area contributed by atoms with Crippen molar-refractivity contribution in [3.8, 4) is 0 Å². The molecule has 8 heteroatoms. The Labute approximate surface area is 130 Å². The molecule has 0 radical (unpaired) electrons. The number of halogens is 1. The molecule has 2 aromatic rings. The van der Waals surface area contributed by atoms with Crippen LogP contribution in [-0.4, -0.2) is 20.4 Å². The van der Waals surface area contributed by atoms with E-state index in [0.29, 0.717) is 21.6 Å². The topological polar surface area (TPSA) is 71.1 Å². The molecule has 0 bridgehead atoms. The van der Waals surface area contributed by atoms with Crippen molar-refractivity contribution >= 4 is 43.0 Å². The van der Waals surface area contributed by atoms with Crippen molar-refractivity contribution in [2.75, 3.05) is 11.8 Å². The molecule has 0 aliphatic rings. The van der Waals surface area contributed by atoms with Crippen LogP contribution in [-0.2, 0) is 16.6 Å². The molecule has 0 fully saturated rings. The van der Waals surface area contributed by atoms with Crippen molar-refractivity contribution in [2.45, 2.75) is 18.4 Å². The number of hydrogen-bond acceptors (Lipinski definition) is 5. The van der Waals surface area contributed by atoms with Gasteiger partial charge in [-0.2, -0.15) is 0 Å². The van der Waals surface area contributed by atoms with Crippen molar-refractivity contribution in [1.82, 2.24) is 10.3 Å². The maximum absolute atomic E-state index is 12.6. The third-order valence-corrected chi connectivity index (χ3v) is 6.07. The Hall–Kier alpha value is -0.960. The first-order valence-corrected chi connectivity index (χ1v) is 8.95. The largest absolute Gasteiger partial charge is 0.315 e. The maximum atomic E-state index is 12.6. The first kappa shape index (κ1) is 15.4. The molecule has 0 aliphatic heterocycles. The molecule has 0 aromatic carbocycles. The summed E-state index contributed by atoms with van der Waals surface area (Å²) in [7, 11) is -1.82. The Morgan fingerprint density at radius 3 is 2.85 bits per heavy atom. The second-order valence-corrected chi connectivity index (χ2v) is 7.60. The fourth-order valence-corrected chi connectivity index (χ4v) is 5.17. The zero-order valence-electron chi connectivity index (χ0n) is 11.0. The molecule has 2 heterocycles. The molecular formula is C12H14BrN3O2S2. The van der Waals surface area contributed by atoms with Gasteiger partial charge < -0.3 is 5.32 Å². The second-order valence-electron chi connectivity index (χ2n) is 4.16. The minimum absolute atomic E-state index is 0.348. The zero-order chi connectivity index (χ0) is 14.8. The Morgan fingerprint density at radius 1 is 1.45 bits per heavy atom. The fraction of sp³-hybridized carbons (Fsp3) is 0.250. The molecule has 0 amide bonds. The van der Waals surface area contributed by atoms with E-state index in [4.69, 9.17) is 0 Å². The van der Waals surface area contributed by atoms with Crippen LogP contribution < -0.4 is 10.0 Å². The Bertz CT molecular complexity index is 713. The highest BCUT2D eigenvalue weighted by Crippen LogP contribution is 2.30. The summed E-state index contributed by atoms with van der Waals surface area (Å²) >= 11 is 4.72. The monoisotopic (exact) mass is 375 g/mol. The van der Waals surface area contributed by atoms with Gasteiger partial charge in [0.15, 0.2) is 0 Å². The van der Waals surface area contributed by atoms with Crippen LogP contribution in [0, 0.1) is 6.92 Å². The molecule has 2 N–H and O–H groups in total. The van der Waals surface area contributed by atoms with Crippen molar-refractivity contribution in [2.24, 2.45) is 0 Å². The lowest BCUT2D eigenvalue weighted by Crippen LogP contribution is -2.17. The van der Waals surface area contributed by atoms with E-state index >= 15 is 0 Å².